The van der Waals surface area contributed by atoms with Gasteiger partial charge in [0.25, 0.3) is 0 Å². The lowest BCUT2D eigenvalue weighted by Crippen LogP contribution is -2.32. The van der Waals surface area contributed by atoms with Gasteiger partial charge in [-0.1, -0.05) is 0 Å². The number of nitrogens with two attached hydrogens (primary N) is 1. The van der Waals surface area contributed by atoms with Crippen LogP contribution >= 0.6 is 0 Å². The van der Waals surface area contributed by atoms with Crippen LogP contribution in [0.2, 0.25) is 0 Å². The molecule has 0 heterocycles. The zero-order chi connectivity index (χ0) is 7.33. The second kappa shape index (κ2) is 3.82. The number of methoxy groups -OCH3 is 1. The molecule has 0 spiro atoms. The second-order valence-electron chi connectivity index (χ2n) is 2.47. The molecule has 0 aliphatic rings. The third kappa shape index (κ3) is 4.39. The Morgan fingerprint density at radius 3 is 2.56 bits per heavy atom. The summed E-state index contributed by atoms with van der Waals surface area (Å²) in [6.45, 7) is 2.56. The van der Waals surface area contributed by atoms with Crippen molar-refractivity contribution < 1.29 is 9.84 Å². The molecule has 0 saturated carbocycles. The summed E-state index contributed by atoms with van der Waals surface area (Å²) < 4.78 is 4.75. The van der Waals surface area contributed by atoms with Gasteiger partial charge in [-0.15, -0.1) is 0 Å². The molecular formula is C6H15NO2. The zero-order valence-corrected chi connectivity index (χ0v) is 6.05. The van der Waals surface area contributed by atoms with Crippen LogP contribution in [0.3, 0.4) is 0 Å². The second-order valence-corrected chi connectivity index (χ2v) is 2.47. The Morgan fingerprint density at radius 1 is 1.67 bits per heavy atom. The predicted octanol–water partition coefficient (Wildman–Crippen LogP) is -0.267. The predicted molar refractivity (Wildman–Crippen MR) is 36.2 cm³/mol. The van der Waals surface area contributed by atoms with Gasteiger partial charge >= 0.3 is 0 Å². The van der Waals surface area contributed by atoms with E-state index in [2.05, 4.69) is 0 Å². The number of rotatable bonds is 4. The molecule has 0 aliphatic carbocycles. The van der Waals surface area contributed by atoms with Crippen molar-refractivity contribution in [1.82, 2.24) is 0 Å². The van der Waals surface area contributed by atoms with E-state index in [9.17, 15) is 5.11 Å². The fourth-order valence-electron chi connectivity index (χ4n) is 0.694. The summed E-state index contributed by atoms with van der Waals surface area (Å²) in [5.74, 6) is 0. The van der Waals surface area contributed by atoms with Crippen LogP contribution in [0.5, 0.6) is 0 Å². The maximum atomic E-state index is 9.31. The molecule has 0 aromatic rings. The number of hydrogen-bond donors (Lipinski definition) is 2. The van der Waals surface area contributed by atoms with Gasteiger partial charge in [-0.3, -0.25) is 0 Å². The molecule has 0 amide bonds. The van der Waals surface area contributed by atoms with E-state index in [4.69, 9.17) is 10.5 Å². The van der Waals surface area contributed by atoms with Gasteiger partial charge in [0.1, 0.15) is 0 Å². The van der Waals surface area contributed by atoms with Crippen LogP contribution in [0.4, 0.5) is 0 Å². The monoisotopic (exact) mass is 133 g/mol. The molecule has 0 saturated heterocycles. The normalized spacial score (nSPS) is 17.3. The molecule has 9 heavy (non-hydrogen) atoms. The highest BCUT2D eigenvalue weighted by atomic mass is 16.5. The maximum absolute atomic E-state index is 9.31. The quantitative estimate of drug-likeness (QED) is 0.555. The van der Waals surface area contributed by atoms with E-state index in [0.717, 1.165) is 0 Å². The summed E-state index contributed by atoms with van der Waals surface area (Å²) in [4.78, 5) is 0. The smallest absolute Gasteiger partial charge is 0.0864 e. The standard InChI is InChI=1S/C6H15NO2/c1-6(8,3-4-7)5-9-2/h8H,3-5,7H2,1-2H3/t6-/m1/s1. The topological polar surface area (TPSA) is 55.5 Å². The molecule has 0 unspecified atom stereocenters. The fourth-order valence-corrected chi connectivity index (χ4v) is 0.694. The van der Waals surface area contributed by atoms with Gasteiger partial charge in [-0.25, -0.2) is 0 Å². The summed E-state index contributed by atoms with van der Waals surface area (Å²) >= 11 is 0. The van der Waals surface area contributed by atoms with Crippen molar-refractivity contribution in [3.63, 3.8) is 0 Å². The number of aliphatic hydroxyl groups is 1. The van der Waals surface area contributed by atoms with Gasteiger partial charge in [0.2, 0.25) is 0 Å². The first-order valence-corrected chi connectivity index (χ1v) is 3.04. The summed E-state index contributed by atoms with van der Waals surface area (Å²) in [6, 6.07) is 0. The molecule has 0 radical (unpaired) electrons. The third-order valence-corrected chi connectivity index (χ3v) is 1.14. The van der Waals surface area contributed by atoms with Crippen LogP contribution in [-0.4, -0.2) is 31.0 Å². The highest BCUT2D eigenvalue weighted by Crippen LogP contribution is 2.06. The van der Waals surface area contributed by atoms with E-state index in [1.165, 1.54) is 0 Å². The summed E-state index contributed by atoms with van der Waals surface area (Å²) in [7, 11) is 1.56. The maximum Gasteiger partial charge on any atom is 0.0864 e. The van der Waals surface area contributed by atoms with E-state index in [1.54, 1.807) is 14.0 Å². The van der Waals surface area contributed by atoms with E-state index in [-0.39, 0.29) is 0 Å². The molecule has 0 rings (SSSR count). The molecule has 0 fully saturated rings. The fraction of sp³-hybridized carbons (Fsp3) is 1.00. The van der Waals surface area contributed by atoms with Gasteiger partial charge in [0.15, 0.2) is 0 Å². The SMILES string of the molecule is COC[C@](C)(O)CCN. The lowest BCUT2D eigenvalue weighted by molar-refractivity contribution is -0.0207. The van der Waals surface area contributed by atoms with Crippen molar-refractivity contribution in [2.24, 2.45) is 5.73 Å². The van der Waals surface area contributed by atoms with Crippen LogP contribution in [0.1, 0.15) is 13.3 Å². The molecule has 3 nitrogen and oxygen atoms in total. The van der Waals surface area contributed by atoms with Crippen molar-refractivity contribution in [2.75, 3.05) is 20.3 Å². The number of ether oxygens (including phenoxy) is 1. The first-order chi connectivity index (χ1) is 4.12. The molecule has 3 N–H and O–H groups in total. The zero-order valence-electron chi connectivity index (χ0n) is 6.05. The Balaban J connectivity index is 3.43. The molecule has 0 aromatic heterocycles. The Morgan fingerprint density at radius 2 is 2.22 bits per heavy atom. The Bertz CT molecular complexity index is 65.5. The summed E-state index contributed by atoms with van der Waals surface area (Å²) in [5.41, 5.74) is 4.48. The molecule has 0 bridgehead atoms. The highest BCUT2D eigenvalue weighted by Gasteiger charge is 2.17. The highest BCUT2D eigenvalue weighted by molar-refractivity contribution is 4.71. The molecule has 1 atom stereocenters. The van der Waals surface area contributed by atoms with Crippen molar-refractivity contribution in [1.29, 1.82) is 0 Å². The Labute approximate surface area is 55.8 Å². The van der Waals surface area contributed by atoms with Gasteiger partial charge in [0.05, 0.1) is 12.2 Å². The first kappa shape index (κ1) is 8.88. The van der Waals surface area contributed by atoms with Gasteiger partial charge in [0, 0.05) is 7.11 Å². The molecule has 0 aliphatic heterocycles. The van der Waals surface area contributed by atoms with Gasteiger partial charge < -0.3 is 15.6 Å². The van der Waals surface area contributed by atoms with Crippen molar-refractivity contribution >= 4 is 0 Å². The molecule has 0 aromatic carbocycles. The minimum Gasteiger partial charge on any atom is -0.388 e. The summed E-state index contributed by atoms with van der Waals surface area (Å²) in [5, 5.41) is 9.31. The summed E-state index contributed by atoms with van der Waals surface area (Å²) in [6.07, 6.45) is 0.584. The largest absolute Gasteiger partial charge is 0.388 e. The van der Waals surface area contributed by atoms with Crippen LogP contribution in [0.15, 0.2) is 0 Å². The van der Waals surface area contributed by atoms with Crippen LogP contribution in [0, 0.1) is 0 Å². The lowest BCUT2D eigenvalue weighted by Gasteiger charge is -2.20. The number of hydrogen-bond acceptors (Lipinski definition) is 3. The van der Waals surface area contributed by atoms with Crippen LogP contribution < -0.4 is 5.73 Å². The van der Waals surface area contributed by atoms with Crippen molar-refractivity contribution in [2.45, 2.75) is 18.9 Å². The lowest BCUT2D eigenvalue weighted by atomic mass is 10.0. The third-order valence-electron chi connectivity index (χ3n) is 1.14. The first-order valence-electron chi connectivity index (χ1n) is 3.04. The van der Waals surface area contributed by atoms with E-state index in [0.29, 0.717) is 19.6 Å². The average molecular weight is 133 g/mol. The molecule has 56 valence electrons. The van der Waals surface area contributed by atoms with Crippen molar-refractivity contribution in [3.05, 3.63) is 0 Å². The minimum atomic E-state index is -0.747. The van der Waals surface area contributed by atoms with E-state index in [1.807, 2.05) is 0 Å². The van der Waals surface area contributed by atoms with Gasteiger partial charge in [-0.05, 0) is 19.9 Å². The Hall–Kier alpha value is -0.120. The van der Waals surface area contributed by atoms with Crippen LogP contribution in [0.25, 0.3) is 0 Å². The average Bonchev–Trinajstić information content (AvgIpc) is 1.64. The van der Waals surface area contributed by atoms with E-state index >= 15 is 0 Å². The molecular weight excluding hydrogens is 118 g/mol. The minimum absolute atomic E-state index is 0.351. The molecule has 3 heteroatoms. The Kier molecular flexibility index (Phi) is 3.77. The van der Waals surface area contributed by atoms with Gasteiger partial charge in [-0.2, -0.15) is 0 Å². The van der Waals surface area contributed by atoms with Crippen LogP contribution in [-0.2, 0) is 4.74 Å². The van der Waals surface area contributed by atoms with E-state index < -0.39 is 5.60 Å². The van der Waals surface area contributed by atoms with Crippen molar-refractivity contribution in [3.8, 4) is 0 Å².